The van der Waals surface area contributed by atoms with E-state index in [9.17, 15) is 4.79 Å². The quantitative estimate of drug-likeness (QED) is 0.576. The van der Waals surface area contributed by atoms with Crippen LogP contribution in [0.1, 0.15) is 33.3 Å². The highest BCUT2D eigenvalue weighted by Gasteiger charge is 2.15. The van der Waals surface area contributed by atoms with Crippen LogP contribution in [0.2, 0.25) is 0 Å². The minimum absolute atomic E-state index is 0.455. The maximum Gasteiger partial charge on any atom is 0.412 e. The summed E-state index contributed by atoms with van der Waals surface area (Å²) in [4.78, 5) is 15.9. The van der Waals surface area contributed by atoms with Crippen molar-refractivity contribution in [3.05, 3.63) is 29.8 Å². The molecule has 1 rings (SSSR count). The average molecular weight is 306 g/mol. The van der Waals surface area contributed by atoms with Gasteiger partial charge in [0.15, 0.2) is 5.96 Å². The molecule has 0 spiro atoms. The first-order valence-electron chi connectivity index (χ1n) is 7.43. The van der Waals surface area contributed by atoms with Crippen LogP contribution in [0.25, 0.3) is 0 Å². The lowest BCUT2D eigenvalue weighted by Crippen LogP contribution is -2.31. The fourth-order valence-electron chi connectivity index (χ4n) is 1.72. The van der Waals surface area contributed by atoms with E-state index in [0.29, 0.717) is 18.2 Å². The van der Waals surface area contributed by atoms with Crippen LogP contribution in [-0.2, 0) is 11.2 Å². The van der Waals surface area contributed by atoms with Crippen molar-refractivity contribution < 1.29 is 9.53 Å². The maximum absolute atomic E-state index is 11.6. The molecule has 0 aromatic heterocycles. The summed E-state index contributed by atoms with van der Waals surface area (Å²) in [7, 11) is 0. The lowest BCUT2D eigenvalue weighted by Gasteiger charge is -2.19. The standard InChI is InChI=1S/C16H26N4O2/c1-5-18-14(17)19-11-10-12-6-8-13(9-7-12)20-15(21)22-16(2,3)4/h6-9H,5,10-11H2,1-4H3,(H,20,21)(H3,17,18,19). The van der Waals surface area contributed by atoms with Crippen molar-refractivity contribution in [2.24, 2.45) is 10.7 Å². The number of carbonyl (C=O) groups excluding carboxylic acids is 1. The van der Waals surface area contributed by atoms with Crippen molar-refractivity contribution in [3.63, 3.8) is 0 Å². The lowest BCUT2D eigenvalue weighted by molar-refractivity contribution is 0.0636. The van der Waals surface area contributed by atoms with Crippen LogP contribution in [0.5, 0.6) is 0 Å². The first-order valence-corrected chi connectivity index (χ1v) is 7.43. The van der Waals surface area contributed by atoms with E-state index >= 15 is 0 Å². The van der Waals surface area contributed by atoms with E-state index in [0.717, 1.165) is 18.5 Å². The van der Waals surface area contributed by atoms with Gasteiger partial charge in [-0.2, -0.15) is 0 Å². The molecule has 1 aromatic carbocycles. The molecule has 0 aliphatic rings. The molecule has 0 aliphatic heterocycles. The van der Waals surface area contributed by atoms with E-state index in [4.69, 9.17) is 10.5 Å². The highest BCUT2D eigenvalue weighted by molar-refractivity contribution is 5.84. The first kappa shape index (κ1) is 17.8. The number of aliphatic imine (C=N–C) groups is 1. The van der Waals surface area contributed by atoms with Gasteiger partial charge in [-0.15, -0.1) is 0 Å². The number of hydrogen-bond donors (Lipinski definition) is 3. The van der Waals surface area contributed by atoms with Gasteiger partial charge in [-0.3, -0.25) is 10.3 Å². The number of amides is 1. The minimum atomic E-state index is -0.505. The van der Waals surface area contributed by atoms with Crippen molar-refractivity contribution in [3.8, 4) is 0 Å². The number of nitrogens with zero attached hydrogens (tertiary/aromatic N) is 1. The van der Waals surface area contributed by atoms with Crippen molar-refractivity contribution in [2.45, 2.75) is 39.7 Å². The van der Waals surface area contributed by atoms with E-state index in [1.54, 1.807) is 0 Å². The zero-order chi connectivity index (χ0) is 16.6. The largest absolute Gasteiger partial charge is 0.444 e. The monoisotopic (exact) mass is 306 g/mol. The number of ether oxygens (including phenoxy) is 1. The normalized spacial score (nSPS) is 11.9. The van der Waals surface area contributed by atoms with Gasteiger partial charge in [0.2, 0.25) is 0 Å². The Labute approximate surface area is 132 Å². The summed E-state index contributed by atoms with van der Waals surface area (Å²) in [6.45, 7) is 8.84. The molecular formula is C16H26N4O2. The van der Waals surface area contributed by atoms with E-state index in [1.807, 2.05) is 52.0 Å². The molecule has 0 saturated heterocycles. The number of rotatable bonds is 5. The Hall–Kier alpha value is -2.24. The van der Waals surface area contributed by atoms with Crippen molar-refractivity contribution in [1.82, 2.24) is 5.32 Å². The molecule has 0 saturated carbocycles. The number of carbonyl (C=O) groups is 1. The second-order valence-electron chi connectivity index (χ2n) is 5.87. The predicted molar refractivity (Wildman–Crippen MR) is 90.2 cm³/mol. The van der Waals surface area contributed by atoms with Crippen LogP contribution >= 0.6 is 0 Å². The Bertz CT molecular complexity index is 504. The van der Waals surface area contributed by atoms with Gasteiger partial charge in [0.05, 0.1) is 0 Å². The second kappa shape index (κ2) is 8.26. The van der Waals surface area contributed by atoms with Gasteiger partial charge < -0.3 is 15.8 Å². The highest BCUT2D eigenvalue weighted by atomic mass is 16.6. The SMILES string of the molecule is CCNC(N)=NCCc1ccc(NC(=O)OC(C)(C)C)cc1. The molecule has 22 heavy (non-hydrogen) atoms. The van der Waals surface area contributed by atoms with Crippen LogP contribution in [0, 0.1) is 0 Å². The molecule has 0 radical (unpaired) electrons. The van der Waals surface area contributed by atoms with Crippen molar-refractivity contribution in [2.75, 3.05) is 18.4 Å². The van der Waals surface area contributed by atoms with E-state index < -0.39 is 11.7 Å². The third-order valence-electron chi connectivity index (χ3n) is 2.64. The van der Waals surface area contributed by atoms with E-state index in [2.05, 4.69) is 15.6 Å². The number of hydrogen-bond acceptors (Lipinski definition) is 3. The van der Waals surface area contributed by atoms with Gasteiger partial charge in [0.25, 0.3) is 0 Å². The van der Waals surface area contributed by atoms with Gasteiger partial charge in [-0.25, -0.2) is 4.79 Å². The summed E-state index contributed by atoms with van der Waals surface area (Å²) < 4.78 is 5.20. The highest BCUT2D eigenvalue weighted by Crippen LogP contribution is 2.13. The first-order chi connectivity index (χ1) is 10.3. The average Bonchev–Trinajstić information content (AvgIpc) is 2.39. The molecule has 6 heteroatoms. The predicted octanol–water partition coefficient (Wildman–Crippen LogP) is 2.50. The van der Waals surface area contributed by atoms with Gasteiger partial charge >= 0.3 is 6.09 Å². The van der Waals surface area contributed by atoms with Crippen LogP contribution < -0.4 is 16.4 Å². The van der Waals surface area contributed by atoms with Crippen molar-refractivity contribution in [1.29, 1.82) is 0 Å². The fourth-order valence-corrected chi connectivity index (χ4v) is 1.72. The summed E-state index contributed by atoms with van der Waals surface area (Å²) in [6.07, 6.45) is 0.335. The number of benzene rings is 1. The Morgan fingerprint density at radius 1 is 1.27 bits per heavy atom. The fraction of sp³-hybridized carbons (Fsp3) is 0.500. The Morgan fingerprint density at radius 3 is 2.45 bits per heavy atom. The molecule has 0 fully saturated rings. The lowest BCUT2D eigenvalue weighted by atomic mass is 10.1. The third kappa shape index (κ3) is 7.52. The van der Waals surface area contributed by atoms with Crippen molar-refractivity contribution >= 4 is 17.7 Å². The zero-order valence-electron chi connectivity index (χ0n) is 13.8. The van der Waals surface area contributed by atoms with Crippen LogP contribution in [-0.4, -0.2) is 30.7 Å². The summed E-state index contributed by atoms with van der Waals surface area (Å²) in [5, 5.41) is 5.65. The number of nitrogens with one attached hydrogen (secondary N) is 2. The summed E-state index contributed by atoms with van der Waals surface area (Å²) >= 11 is 0. The van der Waals surface area contributed by atoms with E-state index in [1.165, 1.54) is 0 Å². The Balaban J connectivity index is 2.46. The second-order valence-corrected chi connectivity index (χ2v) is 5.87. The number of nitrogens with two attached hydrogens (primary N) is 1. The molecule has 0 bridgehead atoms. The van der Waals surface area contributed by atoms with Gasteiger partial charge in [0.1, 0.15) is 5.60 Å². The minimum Gasteiger partial charge on any atom is -0.444 e. The Morgan fingerprint density at radius 2 is 1.91 bits per heavy atom. The number of anilines is 1. The molecular weight excluding hydrogens is 280 g/mol. The summed E-state index contributed by atoms with van der Waals surface area (Å²) in [5.74, 6) is 0.464. The van der Waals surface area contributed by atoms with Gasteiger partial charge in [-0.05, 0) is 51.8 Å². The molecule has 0 atom stereocenters. The van der Waals surface area contributed by atoms with E-state index in [-0.39, 0.29) is 0 Å². The van der Waals surface area contributed by atoms with Gasteiger partial charge in [0, 0.05) is 18.8 Å². The van der Waals surface area contributed by atoms with Crippen LogP contribution in [0.4, 0.5) is 10.5 Å². The Kier molecular flexibility index (Phi) is 6.69. The number of guanidine groups is 1. The zero-order valence-corrected chi connectivity index (χ0v) is 13.8. The molecule has 4 N–H and O–H groups in total. The van der Waals surface area contributed by atoms with Crippen LogP contribution in [0.3, 0.4) is 0 Å². The third-order valence-corrected chi connectivity index (χ3v) is 2.64. The smallest absolute Gasteiger partial charge is 0.412 e. The molecule has 6 nitrogen and oxygen atoms in total. The molecule has 0 heterocycles. The summed E-state index contributed by atoms with van der Waals surface area (Å²) in [6, 6.07) is 7.59. The van der Waals surface area contributed by atoms with Crippen LogP contribution in [0.15, 0.2) is 29.3 Å². The molecule has 0 unspecified atom stereocenters. The molecule has 1 aromatic rings. The maximum atomic E-state index is 11.6. The molecule has 0 aliphatic carbocycles. The molecule has 1 amide bonds. The topological polar surface area (TPSA) is 88.7 Å². The molecule has 122 valence electrons. The summed E-state index contributed by atoms with van der Waals surface area (Å²) in [5.41, 5.74) is 6.98. The van der Waals surface area contributed by atoms with Gasteiger partial charge in [-0.1, -0.05) is 12.1 Å².